The van der Waals surface area contributed by atoms with Crippen molar-refractivity contribution in [1.82, 2.24) is 9.55 Å². The molecular formula is C25H23N3O3S2. The van der Waals surface area contributed by atoms with Crippen molar-refractivity contribution in [1.29, 1.82) is 0 Å². The van der Waals surface area contributed by atoms with Crippen molar-refractivity contribution in [2.24, 2.45) is 0 Å². The third kappa shape index (κ3) is 4.86. The van der Waals surface area contributed by atoms with E-state index in [4.69, 9.17) is 9.72 Å². The van der Waals surface area contributed by atoms with Gasteiger partial charge in [0.1, 0.15) is 10.6 Å². The molecule has 0 unspecified atom stereocenters. The number of hydrogen-bond acceptors (Lipinski definition) is 6. The van der Waals surface area contributed by atoms with Gasteiger partial charge >= 0.3 is 0 Å². The molecule has 0 spiro atoms. The lowest BCUT2D eigenvalue weighted by Gasteiger charge is -2.12. The Kier molecular flexibility index (Phi) is 6.96. The molecule has 1 amide bonds. The monoisotopic (exact) mass is 477 g/mol. The van der Waals surface area contributed by atoms with Gasteiger partial charge in [0.2, 0.25) is 5.91 Å². The van der Waals surface area contributed by atoms with Gasteiger partial charge in [-0.2, -0.15) is 0 Å². The fourth-order valence-electron chi connectivity index (χ4n) is 3.42. The number of anilines is 1. The summed E-state index contributed by atoms with van der Waals surface area (Å²) in [5.74, 6) is 0.472. The van der Waals surface area contributed by atoms with Gasteiger partial charge in [-0.05, 0) is 24.6 Å². The molecule has 2 aromatic heterocycles. The lowest BCUT2D eigenvalue weighted by atomic mass is 10.1. The van der Waals surface area contributed by atoms with Crippen LogP contribution in [0.15, 0.2) is 76.5 Å². The highest BCUT2D eigenvalue weighted by atomic mass is 32.2. The minimum absolute atomic E-state index is 0.101. The molecule has 33 heavy (non-hydrogen) atoms. The average Bonchev–Trinajstić information content (AvgIpc) is 3.25. The molecule has 0 saturated heterocycles. The number of aryl methyl sites for hydroxylation is 1. The summed E-state index contributed by atoms with van der Waals surface area (Å²) in [6.45, 7) is 6.12. The van der Waals surface area contributed by atoms with Crippen molar-refractivity contribution < 1.29 is 9.53 Å². The molecule has 0 atom stereocenters. The number of thiophene rings is 1. The Morgan fingerprint density at radius 2 is 2.00 bits per heavy atom. The Labute approximate surface area is 199 Å². The smallest absolute Gasteiger partial charge is 0.263 e. The van der Waals surface area contributed by atoms with Crippen molar-refractivity contribution in [2.45, 2.75) is 18.6 Å². The quantitative estimate of drug-likeness (QED) is 0.210. The molecule has 8 heteroatoms. The lowest BCUT2D eigenvalue weighted by Crippen LogP contribution is -2.23. The van der Waals surface area contributed by atoms with E-state index in [1.165, 1.54) is 23.1 Å². The maximum absolute atomic E-state index is 13.4. The van der Waals surface area contributed by atoms with E-state index in [2.05, 4.69) is 11.9 Å². The number of hydrogen-bond donors (Lipinski definition) is 1. The summed E-state index contributed by atoms with van der Waals surface area (Å²) < 4.78 is 6.85. The Bertz CT molecular complexity index is 1370. The van der Waals surface area contributed by atoms with Gasteiger partial charge in [0.15, 0.2) is 5.16 Å². The zero-order valence-corrected chi connectivity index (χ0v) is 20.0. The second-order valence-electron chi connectivity index (χ2n) is 7.33. The maximum Gasteiger partial charge on any atom is 0.263 e. The fourth-order valence-corrected chi connectivity index (χ4v) is 5.21. The number of para-hydroxylation sites is 2. The van der Waals surface area contributed by atoms with Crippen LogP contribution in [0.25, 0.3) is 21.3 Å². The summed E-state index contributed by atoms with van der Waals surface area (Å²) >= 11 is 2.65. The molecule has 2 aromatic carbocycles. The first kappa shape index (κ1) is 22.8. The number of nitrogens with zero attached hydrogens (tertiary/aromatic N) is 2. The molecule has 4 aromatic rings. The largest absolute Gasteiger partial charge is 0.495 e. The van der Waals surface area contributed by atoms with Crippen LogP contribution in [0.1, 0.15) is 5.56 Å². The minimum atomic E-state index is -0.212. The first-order valence-electron chi connectivity index (χ1n) is 10.3. The molecular weight excluding hydrogens is 454 g/mol. The van der Waals surface area contributed by atoms with E-state index in [9.17, 15) is 9.59 Å². The van der Waals surface area contributed by atoms with Crippen LogP contribution in [0.5, 0.6) is 5.75 Å². The van der Waals surface area contributed by atoms with E-state index in [-0.39, 0.29) is 17.2 Å². The van der Waals surface area contributed by atoms with Crippen LogP contribution in [0.3, 0.4) is 0 Å². The van der Waals surface area contributed by atoms with Crippen LogP contribution >= 0.6 is 23.1 Å². The normalized spacial score (nSPS) is 10.8. The minimum Gasteiger partial charge on any atom is -0.495 e. The number of carbonyl (C=O) groups excluding carboxylic acids is 1. The number of nitrogens with one attached hydrogen (secondary N) is 1. The van der Waals surface area contributed by atoms with Crippen molar-refractivity contribution in [3.8, 4) is 16.9 Å². The molecule has 168 valence electrons. The molecule has 0 aliphatic rings. The van der Waals surface area contributed by atoms with Crippen LogP contribution in [0, 0.1) is 6.92 Å². The number of rotatable bonds is 8. The molecule has 0 aliphatic carbocycles. The summed E-state index contributed by atoms with van der Waals surface area (Å²) in [7, 11) is 1.55. The Balaban J connectivity index is 1.63. The highest BCUT2D eigenvalue weighted by Gasteiger charge is 2.18. The number of allylic oxidation sites excluding steroid dienone is 1. The van der Waals surface area contributed by atoms with Gasteiger partial charge in [0.25, 0.3) is 5.56 Å². The Hall–Kier alpha value is -3.36. The lowest BCUT2D eigenvalue weighted by molar-refractivity contribution is -0.113. The van der Waals surface area contributed by atoms with Gasteiger partial charge in [-0.3, -0.25) is 14.2 Å². The number of methoxy groups -OCH3 is 1. The molecule has 1 N–H and O–H groups in total. The van der Waals surface area contributed by atoms with E-state index in [1.807, 2.05) is 48.7 Å². The van der Waals surface area contributed by atoms with Crippen molar-refractivity contribution in [2.75, 3.05) is 18.2 Å². The van der Waals surface area contributed by atoms with E-state index in [1.54, 1.807) is 29.9 Å². The van der Waals surface area contributed by atoms with Gasteiger partial charge in [-0.25, -0.2) is 4.98 Å². The molecule has 0 bridgehead atoms. The number of fused-ring (bicyclic) bond motifs is 1. The SMILES string of the molecule is C=CCn1c(SCC(=O)Nc2ccccc2OC)nc2scc(-c3ccc(C)cc3)c2c1=O. The van der Waals surface area contributed by atoms with Gasteiger partial charge in [-0.15, -0.1) is 17.9 Å². The number of benzene rings is 2. The number of amides is 1. The second-order valence-corrected chi connectivity index (χ2v) is 9.13. The molecule has 0 fully saturated rings. The second kappa shape index (κ2) is 10.1. The Morgan fingerprint density at radius 3 is 2.73 bits per heavy atom. The standard InChI is InChI=1S/C25H23N3O3S2/c1-4-13-28-24(30)22-18(17-11-9-16(2)10-12-17)14-32-23(22)27-25(28)33-15-21(29)26-19-7-5-6-8-20(19)31-3/h4-12,14H,1,13,15H2,2-3H3,(H,26,29). The molecule has 4 rings (SSSR count). The highest BCUT2D eigenvalue weighted by molar-refractivity contribution is 7.99. The van der Waals surface area contributed by atoms with Crippen molar-refractivity contribution >= 4 is 44.9 Å². The molecule has 6 nitrogen and oxygen atoms in total. The fraction of sp³-hybridized carbons (Fsp3) is 0.160. The zero-order chi connectivity index (χ0) is 23.4. The van der Waals surface area contributed by atoms with Crippen molar-refractivity contribution in [3.63, 3.8) is 0 Å². The number of aromatic nitrogens is 2. The van der Waals surface area contributed by atoms with E-state index in [0.29, 0.717) is 33.4 Å². The van der Waals surface area contributed by atoms with Gasteiger partial charge in [0.05, 0.1) is 23.9 Å². The summed E-state index contributed by atoms with van der Waals surface area (Å²) in [6.07, 6.45) is 1.66. The summed E-state index contributed by atoms with van der Waals surface area (Å²) in [5, 5.41) is 5.89. The predicted molar refractivity (Wildman–Crippen MR) is 137 cm³/mol. The predicted octanol–water partition coefficient (Wildman–Crippen LogP) is 5.36. The first-order valence-corrected chi connectivity index (χ1v) is 12.1. The van der Waals surface area contributed by atoms with E-state index in [0.717, 1.165) is 16.7 Å². The summed E-state index contributed by atoms with van der Waals surface area (Å²) in [4.78, 5) is 31.4. The van der Waals surface area contributed by atoms with Crippen LogP contribution < -0.4 is 15.6 Å². The van der Waals surface area contributed by atoms with Crippen molar-refractivity contribution in [3.05, 3.63) is 82.5 Å². The summed E-state index contributed by atoms with van der Waals surface area (Å²) in [6, 6.07) is 15.3. The number of ether oxygens (including phenoxy) is 1. The van der Waals surface area contributed by atoms with Crippen LogP contribution in [-0.2, 0) is 11.3 Å². The van der Waals surface area contributed by atoms with Gasteiger partial charge in [-0.1, -0.05) is 59.8 Å². The van der Waals surface area contributed by atoms with E-state index >= 15 is 0 Å². The molecule has 0 saturated carbocycles. The van der Waals surface area contributed by atoms with Gasteiger partial charge < -0.3 is 10.1 Å². The molecule has 0 radical (unpaired) electrons. The molecule has 2 heterocycles. The number of carbonyl (C=O) groups is 1. The topological polar surface area (TPSA) is 73.2 Å². The number of thioether (sulfide) groups is 1. The van der Waals surface area contributed by atoms with Crippen LogP contribution in [0.4, 0.5) is 5.69 Å². The molecule has 0 aliphatic heterocycles. The van der Waals surface area contributed by atoms with E-state index < -0.39 is 0 Å². The third-order valence-corrected chi connectivity index (χ3v) is 6.90. The van der Waals surface area contributed by atoms with Crippen LogP contribution in [-0.4, -0.2) is 28.3 Å². The van der Waals surface area contributed by atoms with Crippen LogP contribution in [0.2, 0.25) is 0 Å². The first-order chi connectivity index (χ1) is 16.0. The summed E-state index contributed by atoms with van der Waals surface area (Å²) in [5.41, 5.74) is 3.47. The maximum atomic E-state index is 13.4. The van der Waals surface area contributed by atoms with Gasteiger partial charge in [0, 0.05) is 17.5 Å². The zero-order valence-electron chi connectivity index (χ0n) is 18.3. The average molecular weight is 478 g/mol. The Morgan fingerprint density at radius 1 is 1.24 bits per heavy atom. The highest BCUT2D eigenvalue weighted by Crippen LogP contribution is 2.32. The third-order valence-electron chi connectivity index (χ3n) is 5.05.